The molecule has 1 heterocycles. The zero-order chi connectivity index (χ0) is 20.6. The number of benzene rings is 1. The van der Waals surface area contributed by atoms with Crippen molar-refractivity contribution in [2.75, 3.05) is 13.2 Å². The molecule has 2 saturated carbocycles. The van der Waals surface area contributed by atoms with Gasteiger partial charge in [-0.15, -0.1) is 0 Å². The molecule has 8 heteroatoms. The Morgan fingerprint density at radius 1 is 1.21 bits per heavy atom. The predicted molar refractivity (Wildman–Crippen MR) is 99.4 cm³/mol. The third kappa shape index (κ3) is 4.51. The van der Waals surface area contributed by atoms with Gasteiger partial charge in [0.05, 0.1) is 17.7 Å². The number of nitrogens with one attached hydrogen (secondary N) is 2. The van der Waals surface area contributed by atoms with Crippen LogP contribution >= 0.6 is 0 Å². The van der Waals surface area contributed by atoms with Gasteiger partial charge in [-0.1, -0.05) is 6.42 Å². The number of amides is 2. The zero-order valence-electron chi connectivity index (χ0n) is 16.1. The van der Waals surface area contributed by atoms with E-state index in [1.165, 1.54) is 12.8 Å². The van der Waals surface area contributed by atoms with Crippen molar-refractivity contribution in [1.82, 2.24) is 10.6 Å². The van der Waals surface area contributed by atoms with Crippen LogP contribution in [0.25, 0.3) is 0 Å². The molecule has 4 atom stereocenters. The van der Waals surface area contributed by atoms with Gasteiger partial charge in [0.15, 0.2) is 0 Å². The lowest BCUT2D eigenvalue weighted by atomic mass is 9.89. The molecule has 3 aliphatic rings. The molecular weight excluding hydrogens is 385 g/mol. The van der Waals surface area contributed by atoms with Crippen molar-refractivity contribution in [2.45, 2.75) is 50.7 Å². The molecule has 4 unspecified atom stereocenters. The molecule has 158 valence electrons. The van der Waals surface area contributed by atoms with Gasteiger partial charge in [0, 0.05) is 19.0 Å². The summed E-state index contributed by atoms with van der Waals surface area (Å²) in [5.41, 5.74) is -0.763. The fourth-order valence-electron chi connectivity index (χ4n) is 4.95. The van der Waals surface area contributed by atoms with Gasteiger partial charge >= 0.3 is 6.18 Å². The van der Waals surface area contributed by atoms with Crippen LogP contribution in [0.4, 0.5) is 13.2 Å². The molecule has 2 aliphatic carbocycles. The Bertz CT molecular complexity index is 796. The minimum atomic E-state index is -4.51. The van der Waals surface area contributed by atoms with Gasteiger partial charge in [-0.2, -0.15) is 13.2 Å². The average Bonchev–Trinajstić information content (AvgIpc) is 3.28. The molecule has 0 aromatic heterocycles. The molecule has 4 rings (SSSR count). The van der Waals surface area contributed by atoms with E-state index in [2.05, 4.69) is 10.6 Å². The number of rotatable bonds is 5. The second-order valence-electron chi connectivity index (χ2n) is 8.47. The van der Waals surface area contributed by atoms with Gasteiger partial charge in [0.2, 0.25) is 5.91 Å². The van der Waals surface area contributed by atoms with Gasteiger partial charge in [-0.3, -0.25) is 9.59 Å². The average molecular weight is 410 g/mol. The highest BCUT2D eigenvalue weighted by molar-refractivity contribution is 5.97. The van der Waals surface area contributed by atoms with E-state index in [1.54, 1.807) is 0 Å². The highest BCUT2D eigenvalue weighted by atomic mass is 19.4. The highest BCUT2D eigenvalue weighted by Gasteiger charge is 2.40. The maximum atomic E-state index is 13.2. The van der Waals surface area contributed by atoms with E-state index in [9.17, 15) is 22.8 Å². The van der Waals surface area contributed by atoms with Crippen LogP contribution in [0.15, 0.2) is 18.2 Å². The van der Waals surface area contributed by atoms with Crippen LogP contribution in [0.2, 0.25) is 0 Å². The molecule has 1 aromatic rings. The fraction of sp³-hybridized carbons (Fsp3) is 0.619. The number of ether oxygens (including phenoxy) is 1. The molecule has 5 nitrogen and oxygen atoms in total. The minimum Gasteiger partial charge on any atom is -0.492 e. The monoisotopic (exact) mass is 410 g/mol. The highest BCUT2D eigenvalue weighted by Crippen LogP contribution is 2.48. The second-order valence-corrected chi connectivity index (χ2v) is 8.47. The van der Waals surface area contributed by atoms with Crippen LogP contribution in [0.5, 0.6) is 5.75 Å². The van der Waals surface area contributed by atoms with E-state index < -0.39 is 17.6 Å². The third-order valence-electron chi connectivity index (χ3n) is 6.47. The zero-order valence-corrected chi connectivity index (χ0v) is 16.1. The molecule has 3 fully saturated rings. The summed E-state index contributed by atoms with van der Waals surface area (Å²) in [4.78, 5) is 24.2. The largest absolute Gasteiger partial charge is 0.492 e. The Kier molecular flexibility index (Phi) is 5.44. The molecular formula is C21H25F3N2O3. The fourth-order valence-corrected chi connectivity index (χ4v) is 4.95. The molecule has 2 bridgehead atoms. The molecule has 2 amide bonds. The van der Waals surface area contributed by atoms with E-state index in [0.29, 0.717) is 37.3 Å². The summed E-state index contributed by atoms with van der Waals surface area (Å²) in [7, 11) is 0. The van der Waals surface area contributed by atoms with Crippen molar-refractivity contribution in [1.29, 1.82) is 0 Å². The van der Waals surface area contributed by atoms with Crippen molar-refractivity contribution in [3.63, 3.8) is 0 Å². The number of halogens is 3. The number of hydrogen-bond donors (Lipinski definition) is 2. The quantitative estimate of drug-likeness (QED) is 0.781. The lowest BCUT2D eigenvalue weighted by molar-refractivity contribution is -0.137. The molecule has 1 aromatic carbocycles. The van der Waals surface area contributed by atoms with Crippen molar-refractivity contribution in [2.24, 2.45) is 17.8 Å². The molecule has 1 saturated heterocycles. The number of hydrogen-bond acceptors (Lipinski definition) is 3. The first-order valence-corrected chi connectivity index (χ1v) is 10.2. The summed E-state index contributed by atoms with van der Waals surface area (Å²) in [6.45, 7) is 0.791. The Hall–Kier alpha value is -2.25. The lowest BCUT2D eigenvalue weighted by Crippen LogP contribution is -2.45. The van der Waals surface area contributed by atoms with Gasteiger partial charge in [0.25, 0.3) is 5.91 Å². The van der Waals surface area contributed by atoms with E-state index in [4.69, 9.17) is 4.74 Å². The summed E-state index contributed by atoms with van der Waals surface area (Å²) >= 11 is 0. The molecule has 29 heavy (non-hydrogen) atoms. The van der Waals surface area contributed by atoms with Crippen molar-refractivity contribution in [3.8, 4) is 5.75 Å². The van der Waals surface area contributed by atoms with Crippen LogP contribution in [0, 0.1) is 17.8 Å². The SMILES string of the molecule is O=C1CC(NC(=O)c2ccc(C(F)(F)F)cc2OCC2CC3CCC2C3)CCN1. The molecule has 0 radical (unpaired) electrons. The second kappa shape index (κ2) is 7.88. The normalized spacial score (nSPS) is 28.9. The van der Waals surface area contributed by atoms with E-state index in [-0.39, 0.29) is 29.7 Å². The Morgan fingerprint density at radius 2 is 2.03 bits per heavy atom. The van der Waals surface area contributed by atoms with E-state index >= 15 is 0 Å². The van der Waals surface area contributed by atoms with Crippen LogP contribution in [0.1, 0.15) is 54.4 Å². The summed E-state index contributed by atoms with van der Waals surface area (Å²) in [6.07, 6.45) is 0.829. The summed E-state index contributed by atoms with van der Waals surface area (Å²) < 4.78 is 45.3. The molecule has 0 spiro atoms. The Morgan fingerprint density at radius 3 is 2.69 bits per heavy atom. The van der Waals surface area contributed by atoms with Gasteiger partial charge in [0.1, 0.15) is 5.75 Å². The van der Waals surface area contributed by atoms with Gasteiger partial charge in [-0.25, -0.2) is 0 Å². The maximum absolute atomic E-state index is 13.2. The Balaban J connectivity index is 1.50. The van der Waals surface area contributed by atoms with Crippen LogP contribution in [-0.2, 0) is 11.0 Å². The number of alkyl halides is 3. The summed E-state index contributed by atoms with van der Waals surface area (Å²) in [6, 6.07) is 2.64. The first-order valence-electron chi connectivity index (χ1n) is 10.2. The number of carbonyl (C=O) groups excluding carboxylic acids is 2. The van der Waals surface area contributed by atoms with E-state index in [0.717, 1.165) is 31.0 Å². The first-order chi connectivity index (χ1) is 13.8. The maximum Gasteiger partial charge on any atom is 0.416 e. The van der Waals surface area contributed by atoms with Crippen LogP contribution in [-0.4, -0.2) is 31.0 Å². The summed E-state index contributed by atoms with van der Waals surface area (Å²) in [5.74, 6) is 0.906. The predicted octanol–water partition coefficient (Wildman–Crippen LogP) is 3.53. The first kappa shape index (κ1) is 20.0. The smallest absolute Gasteiger partial charge is 0.416 e. The number of piperidine rings is 1. The molecule has 1 aliphatic heterocycles. The molecule has 2 N–H and O–H groups in total. The van der Waals surface area contributed by atoms with Crippen LogP contribution in [0.3, 0.4) is 0 Å². The van der Waals surface area contributed by atoms with Crippen molar-refractivity contribution >= 4 is 11.8 Å². The third-order valence-corrected chi connectivity index (χ3v) is 6.47. The number of carbonyl (C=O) groups is 2. The summed E-state index contributed by atoms with van der Waals surface area (Å²) in [5, 5.41) is 5.44. The number of fused-ring (bicyclic) bond motifs is 2. The van der Waals surface area contributed by atoms with Gasteiger partial charge in [-0.05, 0) is 61.6 Å². The van der Waals surface area contributed by atoms with E-state index in [1.807, 2.05) is 0 Å². The lowest BCUT2D eigenvalue weighted by Gasteiger charge is -2.25. The minimum absolute atomic E-state index is 0.0413. The standard InChI is InChI=1S/C21H25F3N2O3/c22-21(23,24)15-3-4-17(20(28)26-16-5-6-25-19(27)10-16)18(9-15)29-11-14-8-12-1-2-13(14)7-12/h3-4,9,12-14,16H,1-2,5-8,10-11H2,(H,25,27)(H,26,28). The van der Waals surface area contributed by atoms with Crippen molar-refractivity contribution < 1.29 is 27.5 Å². The Labute approximate surface area is 167 Å². The topological polar surface area (TPSA) is 67.4 Å². The van der Waals surface area contributed by atoms with Crippen LogP contribution < -0.4 is 15.4 Å². The van der Waals surface area contributed by atoms with Crippen molar-refractivity contribution in [3.05, 3.63) is 29.3 Å². The van der Waals surface area contributed by atoms with Gasteiger partial charge < -0.3 is 15.4 Å².